The van der Waals surface area contributed by atoms with Crippen molar-refractivity contribution in [1.29, 1.82) is 0 Å². The molecule has 3 nitrogen and oxygen atoms in total. The number of hydrogen-bond donors (Lipinski definition) is 0. The van der Waals surface area contributed by atoms with Crippen molar-refractivity contribution in [2.24, 2.45) is 0 Å². The Morgan fingerprint density at radius 3 is 2.41 bits per heavy atom. The third kappa shape index (κ3) is 2.60. The number of anilines is 2. The first kappa shape index (κ1) is 12.0. The van der Waals surface area contributed by atoms with Gasteiger partial charge in [-0.25, -0.2) is 0 Å². The number of Topliss-reactive ketones (excluding diaryl/α,β-unsaturated/α-hetero) is 1. The van der Waals surface area contributed by atoms with Crippen LogP contribution in [-0.4, -0.2) is 33.0 Å². The van der Waals surface area contributed by atoms with Crippen molar-refractivity contribution >= 4 is 17.2 Å². The number of aryl methyl sites for hydroxylation is 1. The standard InChI is InChI=1S/C14H20N2O/c1-11-4-5-12(10-14(11)15(2)3)16-8-6-13(17)7-9-16/h4-5,10H,6-9H2,1-3H3. The van der Waals surface area contributed by atoms with Crippen LogP contribution in [0.15, 0.2) is 18.2 Å². The largest absolute Gasteiger partial charge is 0.377 e. The molecule has 17 heavy (non-hydrogen) atoms. The van der Waals surface area contributed by atoms with E-state index in [1.807, 2.05) is 0 Å². The van der Waals surface area contributed by atoms with Gasteiger partial charge in [-0.1, -0.05) is 6.07 Å². The van der Waals surface area contributed by atoms with Crippen LogP contribution < -0.4 is 9.80 Å². The highest BCUT2D eigenvalue weighted by Crippen LogP contribution is 2.26. The molecule has 1 heterocycles. The van der Waals surface area contributed by atoms with Crippen molar-refractivity contribution in [3.63, 3.8) is 0 Å². The third-order valence-corrected chi connectivity index (χ3v) is 3.36. The summed E-state index contributed by atoms with van der Waals surface area (Å²) in [6, 6.07) is 6.52. The maximum Gasteiger partial charge on any atom is 0.136 e. The normalized spacial score (nSPS) is 16.2. The summed E-state index contributed by atoms with van der Waals surface area (Å²) in [5.41, 5.74) is 3.76. The molecule has 3 heteroatoms. The van der Waals surface area contributed by atoms with Crippen LogP contribution in [0.5, 0.6) is 0 Å². The fourth-order valence-corrected chi connectivity index (χ4v) is 2.29. The molecule has 0 bridgehead atoms. The summed E-state index contributed by atoms with van der Waals surface area (Å²) in [5, 5.41) is 0. The molecule has 1 aliphatic heterocycles. The van der Waals surface area contributed by atoms with Crippen LogP contribution in [0.2, 0.25) is 0 Å². The lowest BCUT2D eigenvalue weighted by molar-refractivity contribution is -0.119. The molecule has 0 radical (unpaired) electrons. The molecule has 0 aromatic heterocycles. The van der Waals surface area contributed by atoms with Crippen LogP contribution in [0, 0.1) is 6.92 Å². The molecule has 0 spiro atoms. The van der Waals surface area contributed by atoms with E-state index in [9.17, 15) is 4.79 Å². The Bertz CT molecular complexity index is 416. The van der Waals surface area contributed by atoms with E-state index in [4.69, 9.17) is 0 Å². The van der Waals surface area contributed by atoms with Crippen LogP contribution in [-0.2, 0) is 4.79 Å². The van der Waals surface area contributed by atoms with Gasteiger partial charge in [0.1, 0.15) is 5.78 Å². The van der Waals surface area contributed by atoms with Crippen LogP contribution in [0.4, 0.5) is 11.4 Å². The summed E-state index contributed by atoms with van der Waals surface area (Å²) in [4.78, 5) is 15.7. The van der Waals surface area contributed by atoms with Gasteiger partial charge in [-0.05, 0) is 24.6 Å². The van der Waals surface area contributed by atoms with Crippen molar-refractivity contribution in [3.05, 3.63) is 23.8 Å². The average Bonchev–Trinajstić information content (AvgIpc) is 2.30. The van der Waals surface area contributed by atoms with Gasteiger partial charge in [-0.15, -0.1) is 0 Å². The number of benzene rings is 1. The van der Waals surface area contributed by atoms with Crippen LogP contribution in [0.3, 0.4) is 0 Å². The molecule has 0 N–H and O–H groups in total. The van der Waals surface area contributed by atoms with Crippen molar-refractivity contribution in [1.82, 2.24) is 0 Å². The number of ketones is 1. The minimum absolute atomic E-state index is 0.390. The summed E-state index contributed by atoms with van der Waals surface area (Å²) in [6.07, 6.45) is 1.37. The fraction of sp³-hybridized carbons (Fsp3) is 0.500. The van der Waals surface area contributed by atoms with Crippen LogP contribution in [0.1, 0.15) is 18.4 Å². The average molecular weight is 232 g/mol. The Balaban J connectivity index is 2.21. The second kappa shape index (κ2) is 4.78. The number of nitrogens with zero attached hydrogens (tertiary/aromatic N) is 2. The van der Waals surface area contributed by atoms with Crippen molar-refractivity contribution in [2.45, 2.75) is 19.8 Å². The van der Waals surface area contributed by atoms with E-state index in [0.717, 1.165) is 13.1 Å². The summed E-state index contributed by atoms with van der Waals surface area (Å²) in [6.45, 7) is 3.84. The molecule has 2 rings (SSSR count). The molecule has 1 aromatic rings. The molecule has 1 saturated heterocycles. The predicted molar refractivity (Wildman–Crippen MR) is 72.0 cm³/mol. The molecular formula is C14H20N2O. The summed E-state index contributed by atoms with van der Waals surface area (Å²) < 4.78 is 0. The van der Waals surface area contributed by atoms with Gasteiger partial charge in [-0.2, -0.15) is 0 Å². The van der Waals surface area contributed by atoms with E-state index in [1.165, 1.54) is 16.9 Å². The Morgan fingerprint density at radius 2 is 1.82 bits per heavy atom. The van der Waals surface area contributed by atoms with Gasteiger partial charge in [0.05, 0.1) is 0 Å². The molecule has 0 unspecified atom stereocenters. The summed E-state index contributed by atoms with van der Waals surface area (Å²) >= 11 is 0. The lowest BCUT2D eigenvalue weighted by atomic mass is 10.1. The molecule has 0 aliphatic carbocycles. The number of carbonyl (C=O) groups excluding carboxylic acids is 1. The lowest BCUT2D eigenvalue weighted by Crippen LogP contribution is -2.33. The molecular weight excluding hydrogens is 212 g/mol. The van der Waals surface area contributed by atoms with Crippen LogP contribution >= 0.6 is 0 Å². The fourth-order valence-electron chi connectivity index (χ4n) is 2.29. The highest BCUT2D eigenvalue weighted by Gasteiger charge is 2.17. The molecule has 0 atom stereocenters. The first-order valence-electron chi connectivity index (χ1n) is 6.12. The second-order valence-corrected chi connectivity index (χ2v) is 4.89. The summed E-state index contributed by atoms with van der Waals surface area (Å²) in [5.74, 6) is 0.390. The van der Waals surface area contributed by atoms with E-state index >= 15 is 0 Å². The highest BCUT2D eigenvalue weighted by atomic mass is 16.1. The van der Waals surface area contributed by atoms with Crippen molar-refractivity contribution in [3.8, 4) is 0 Å². The Labute approximate surface area is 103 Å². The van der Waals surface area contributed by atoms with Crippen LogP contribution in [0.25, 0.3) is 0 Å². The lowest BCUT2D eigenvalue weighted by Gasteiger charge is -2.29. The summed E-state index contributed by atoms with van der Waals surface area (Å²) in [7, 11) is 4.12. The number of piperidine rings is 1. The minimum atomic E-state index is 0.390. The highest BCUT2D eigenvalue weighted by molar-refractivity contribution is 5.81. The molecule has 92 valence electrons. The van der Waals surface area contributed by atoms with E-state index in [1.54, 1.807) is 0 Å². The predicted octanol–water partition coefficient (Wildman–Crippen LogP) is 2.23. The maximum atomic E-state index is 11.2. The van der Waals surface area contributed by atoms with E-state index in [-0.39, 0.29) is 0 Å². The third-order valence-electron chi connectivity index (χ3n) is 3.36. The first-order valence-corrected chi connectivity index (χ1v) is 6.12. The Hall–Kier alpha value is -1.51. The van der Waals surface area contributed by atoms with E-state index in [0.29, 0.717) is 18.6 Å². The van der Waals surface area contributed by atoms with E-state index in [2.05, 4.69) is 49.0 Å². The van der Waals surface area contributed by atoms with Gasteiger partial charge in [0.15, 0.2) is 0 Å². The maximum absolute atomic E-state index is 11.2. The van der Waals surface area contributed by atoms with E-state index < -0.39 is 0 Å². The zero-order valence-electron chi connectivity index (χ0n) is 10.9. The van der Waals surface area contributed by atoms with Gasteiger partial charge in [0, 0.05) is 51.4 Å². The molecule has 1 fully saturated rings. The number of carbonyl (C=O) groups is 1. The zero-order valence-corrected chi connectivity index (χ0v) is 10.9. The molecule has 1 aliphatic rings. The molecule has 0 saturated carbocycles. The molecule has 1 aromatic carbocycles. The number of hydrogen-bond acceptors (Lipinski definition) is 3. The quantitative estimate of drug-likeness (QED) is 0.781. The SMILES string of the molecule is Cc1ccc(N2CCC(=O)CC2)cc1N(C)C. The number of rotatable bonds is 2. The second-order valence-electron chi connectivity index (χ2n) is 4.89. The van der Waals surface area contributed by atoms with Crippen molar-refractivity contribution < 1.29 is 4.79 Å². The smallest absolute Gasteiger partial charge is 0.136 e. The van der Waals surface area contributed by atoms with Gasteiger partial charge >= 0.3 is 0 Å². The van der Waals surface area contributed by atoms with Gasteiger partial charge in [-0.3, -0.25) is 4.79 Å². The minimum Gasteiger partial charge on any atom is -0.377 e. The first-order chi connectivity index (χ1) is 8.08. The van der Waals surface area contributed by atoms with Crippen molar-refractivity contribution in [2.75, 3.05) is 37.0 Å². The topological polar surface area (TPSA) is 23.6 Å². The monoisotopic (exact) mass is 232 g/mol. The molecule has 0 amide bonds. The van der Waals surface area contributed by atoms with Gasteiger partial charge in [0.2, 0.25) is 0 Å². The Kier molecular flexibility index (Phi) is 3.36. The van der Waals surface area contributed by atoms with Gasteiger partial charge < -0.3 is 9.80 Å². The zero-order chi connectivity index (χ0) is 12.4. The Morgan fingerprint density at radius 1 is 1.18 bits per heavy atom. The van der Waals surface area contributed by atoms with Gasteiger partial charge in [0.25, 0.3) is 0 Å².